The lowest BCUT2D eigenvalue weighted by Gasteiger charge is -2.02. The number of hydrogen-bond acceptors (Lipinski definition) is 3. The molecule has 0 aliphatic rings. The van der Waals surface area contributed by atoms with E-state index >= 15 is 0 Å². The van der Waals surface area contributed by atoms with Crippen molar-refractivity contribution in [3.63, 3.8) is 0 Å². The zero-order valence-corrected chi connectivity index (χ0v) is 9.59. The maximum Gasteiger partial charge on any atom is 0.153 e. The Labute approximate surface area is 92.4 Å². The number of halogens is 1. The second kappa shape index (κ2) is 3.50. The van der Waals surface area contributed by atoms with Crippen LogP contribution in [0.15, 0.2) is 24.4 Å². The fraction of sp³-hybridized carbons (Fsp3) is 0.222. The van der Waals surface area contributed by atoms with E-state index in [4.69, 9.17) is 11.6 Å². The number of nitrogens with zero attached hydrogens (tertiary/aromatic N) is 2. The smallest absolute Gasteiger partial charge is 0.153 e. The minimum absolute atomic E-state index is 0.0576. The summed E-state index contributed by atoms with van der Waals surface area (Å²) in [7, 11) is -3.07. The van der Waals surface area contributed by atoms with E-state index in [1.807, 2.05) is 0 Å². The Morgan fingerprint density at radius 2 is 2.20 bits per heavy atom. The first-order valence-corrected chi connectivity index (χ1v) is 6.70. The van der Waals surface area contributed by atoms with Gasteiger partial charge in [0.2, 0.25) is 0 Å². The van der Waals surface area contributed by atoms with Crippen LogP contribution in [0.4, 0.5) is 0 Å². The summed E-state index contributed by atoms with van der Waals surface area (Å²) in [6, 6.07) is 5.24. The topological polar surface area (TPSA) is 51.4 Å². The van der Waals surface area contributed by atoms with Gasteiger partial charge in [-0.3, -0.25) is 4.40 Å². The summed E-state index contributed by atoms with van der Waals surface area (Å²) < 4.78 is 24.0. The van der Waals surface area contributed by atoms with Crippen molar-refractivity contribution < 1.29 is 8.42 Å². The van der Waals surface area contributed by atoms with E-state index in [2.05, 4.69) is 4.98 Å². The second-order valence-electron chi connectivity index (χ2n) is 3.36. The molecule has 0 saturated heterocycles. The first-order valence-electron chi connectivity index (χ1n) is 4.26. The SMILES string of the molecule is CS(=O)(=O)Cc1cnc2cccc(Cl)n12. The van der Waals surface area contributed by atoms with Gasteiger partial charge in [-0.15, -0.1) is 0 Å². The van der Waals surface area contributed by atoms with E-state index < -0.39 is 9.84 Å². The van der Waals surface area contributed by atoms with Crippen LogP contribution in [0.3, 0.4) is 0 Å². The van der Waals surface area contributed by atoms with Crippen molar-refractivity contribution in [2.75, 3.05) is 6.26 Å². The fourth-order valence-corrected chi connectivity index (χ4v) is 2.43. The molecule has 2 heterocycles. The molecule has 0 aliphatic heterocycles. The van der Waals surface area contributed by atoms with Crippen LogP contribution in [0.2, 0.25) is 5.15 Å². The Morgan fingerprint density at radius 3 is 2.87 bits per heavy atom. The van der Waals surface area contributed by atoms with Crippen molar-refractivity contribution in [1.82, 2.24) is 9.38 Å². The highest BCUT2D eigenvalue weighted by Gasteiger charge is 2.11. The Balaban J connectivity index is 2.63. The molecule has 2 rings (SSSR count). The van der Waals surface area contributed by atoms with E-state index in [0.29, 0.717) is 16.5 Å². The van der Waals surface area contributed by atoms with E-state index in [0.717, 1.165) is 0 Å². The van der Waals surface area contributed by atoms with Gasteiger partial charge in [0.1, 0.15) is 10.8 Å². The average molecular weight is 245 g/mol. The highest BCUT2D eigenvalue weighted by atomic mass is 35.5. The third-order valence-electron chi connectivity index (χ3n) is 1.96. The second-order valence-corrected chi connectivity index (χ2v) is 5.89. The summed E-state index contributed by atoms with van der Waals surface area (Å²) in [5, 5.41) is 0.462. The molecule has 0 unspecified atom stereocenters. The number of rotatable bonds is 2. The lowest BCUT2D eigenvalue weighted by atomic mass is 10.4. The van der Waals surface area contributed by atoms with Gasteiger partial charge in [0.25, 0.3) is 0 Å². The van der Waals surface area contributed by atoms with Gasteiger partial charge in [0.15, 0.2) is 9.84 Å². The van der Waals surface area contributed by atoms with Gasteiger partial charge in [0.05, 0.1) is 17.6 Å². The molecule has 0 aliphatic carbocycles. The maximum atomic E-state index is 11.2. The molecule has 0 spiro atoms. The largest absolute Gasteiger partial charge is 0.286 e. The predicted octanol–water partition coefficient (Wildman–Crippen LogP) is 1.53. The third-order valence-corrected chi connectivity index (χ3v) is 3.08. The molecular weight excluding hydrogens is 236 g/mol. The van der Waals surface area contributed by atoms with E-state index in [1.54, 1.807) is 22.6 Å². The lowest BCUT2D eigenvalue weighted by molar-refractivity contribution is 0.600. The molecule has 0 aromatic carbocycles. The minimum atomic E-state index is -3.07. The van der Waals surface area contributed by atoms with Crippen molar-refractivity contribution in [3.05, 3.63) is 35.2 Å². The fourth-order valence-electron chi connectivity index (χ4n) is 1.43. The molecule has 4 nitrogen and oxygen atoms in total. The molecule has 15 heavy (non-hydrogen) atoms. The zero-order valence-electron chi connectivity index (χ0n) is 8.01. The van der Waals surface area contributed by atoms with Crippen LogP contribution in [0.25, 0.3) is 5.65 Å². The monoisotopic (exact) mass is 244 g/mol. The summed E-state index contributed by atoms with van der Waals surface area (Å²) in [6.07, 6.45) is 2.71. The lowest BCUT2D eigenvalue weighted by Crippen LogP contribution is -2.03. The number of imidazole rings is 1. The summed E-state index contributed by atoms with van der Waals surface area (Å²) in [4.78, 5) is 4.08. The van der Waals surface area contributed by atoms with E-state index in [-0.39, 0.29) is 5.75 Å². The zero-order chi connectivity index (χ0) is 11.1. The van der Waals surface area contributed by atoms with Crippen molar-refractivity contribution in [2.24, 2.45) is 0 Å². The number of pyridine rings is 1. The average Bonchev–Trinajstić information content (AvgIpc) is 2.47. The van der Waals surface area contributed by atoms with E-state index in [1.165, 1.54) is 12.5 Å². The summed E-state index contributed by atoms with van der Waals surface area (Å²) in [5.74, 6) is -0.0576. The number of fused-ring (bicyclic) bond motifs is 1. The molecule has 0 N–H and O–H groups in total. The first kappa shape index (κ1) is 10.4. The molecule has 0 atom stereocenters. The molecule has 80 valence electrons. The summed E-state index contributed by atoms with van der Waals surface area (Å²) in [6.45, 7) is 0. The van der Waals surface area contributed by atoms with Gasteiger partial charge in [-0.1, -0.05) is 17.7 Å². The van der Waals surface area contributed by atoms with Crippen molar-refractivity contribution >= 4 is 27.1 Å². The molecule has 0 saturated carbocycles. The number of hydrogen-bond donors (Lipinski definition) is 0. The van der Waals surface area contributed by atoms with Crippen LogP contribution in [-0.2, 0) is 15.6 Å². The van der Waals surface area contributed by atoms with E-state index in [9.17, 15) is 8.42 Å². The molecule has 0 radical (unpaired) electrons. The van der Waals surface area contributed by atoms with Crippen LogP contribution in [0.5, 0.6) is 0 Å². The van der Waals surface area contributed by atoms with Crippen LogP contribution >= 0.6 is 11.6 Å². The highest BCUT2D eigenvalue weighted by Crippen LogP contribution is 2.16. The molecular formula is C9H9ClN2O2S. The van der Waals surface area contributed by atoms with Gasteiger partial charge >= 0.3 is 0 Å². The minimum Gasteiger partial charge on any atom is -0.286 e. The van der Waals surface area contributed by atoms with Crippen LogP contribution in [0, 0.1) is 0 Å². The van der Waals surface area contributed by atoms with Gasteiger partial charge in [-0.05, 0) is 12.1 Å². The van der Waals surface area contributed by atoms with Gasteiger partial charge in [0, 0.05) is 6.26 Å². The van der Waals surface area contributed by atoms with Crippen LogP contribution in [0.1, 0.15) is 5.69 Å². The van der Waals surface area contributed by atoms with Crippen molar-refractivity contribution in [3.8, 4) is 0 Å². The number of sulfone groups is 1. The van der Waals surface area contributed by atoms with Crippen molar-refractivity contribution in [2.45, 2.75) is 5.75 Å². The molecule has 0 amide bonds. The summed E-state index contributed by atoms with van der Waals surface area (Å²) in [5.41, 5.74) is 1.24. The van der Waals surface area contributed by atoms with Crippen molar-refractivity contribution in [1.29, 1.82) is 0 Å². The Bertz CT molecular complexity index is 604. The summed E-state index contributed by atoms with van der Waals surface area (Å²) >= 11 is 5.96. The Morgan fingerprint density at radius 1 is 1.47 bits per heavy atom. The quantitative estimate of drug-likeness (QED) is 0.753. The molecule has 6 heteroatoms. The predicted molar refractivity (Wildman–Crippen MR) is 58.7 cm³/mol. The first-order chi connectivity index (χ1) is 6.97. The van der Waals surface area contributed by atoms with Crippen LogP contribution in [-0.4, -0.2) is 24.1 Å². The molecule has 0 bridgehead atoms. The van der Waals surface area contributed by atoms with Gasteiger partial charge in [-0.25, -0.2) is 13.4 Å². The van der Waals surface area contributed by atoms with Gasteiger partial charge in [-0.2, -0.15) is 0 Å². The Hall–Kier alpha value is -1.07. The molecule has 2 aromatic rings. The normalized spacial score (nSPS) is 12.1. The standard InChI is InChI=1S/C9H9ClN2O2S/c1-15(13,14)6-7-5-11-9-4-2-3-8(10)12(7)9/h2-5H,6H2,1H3. The molecule has 2 aromatic heterocycles. The Kier molecular flexibility index (Phi) is 2.44. The van der Waals surface area contributed by atoms with Crippen LogP contribution < -0.4 is 0 Å². The highest BCUT2D eigenvalue weighted by molar-refractivity contribution is 7.89. The third kappa shape index (κ3) is 2.13. The number of aromatic nitrogens is 2. The maximum absolute atomic E-state index is 11.2. The molecule has 0 fully saturated rings. The van der Waals surface area contributed by atoms with Gasteiger partial charge < -0.3 is 0 Å².